The number of nitrogens with one attached hydrogen (secondary N) is 2. The number of aliphatic imine (C=N–C) groups is 1. The molecule has 0 spiro atoms. The second-order valence-corrected chi connectivity index (χ2v) is 5.99. The third-order valence-corrected chi connectivity index (χ3v) is 3.97. The Labute approximate surface area is 177 Å². The molecular formula is C21H26IN5. The van der Waals surface area contributed by atoms with E-state index in [0.717, 1.165) is 31.2 Å². The first-order valence-electron chi connectivity index (χ1n) is 9.00. The Morgan fingerprint density at radius 2 is 1.67 bits per heavy atom. The molecule has 27 heavy (non-hydrogen) atoms. The Morgan fingerprint density at radius 3 is 2.37 bits per heavy atom. The predicted molar refractivity (Wildman–Crippen MR) is 122 cm³/mol. The molecule has 5 nitrogen and oxygen atoms in total. The third kappa shape index (κ3) is 6.71. The second kappa shape index (κ2) is 11.4. The van der Waals surface area contributed by atoms with E-state index in [1.807, 2.05) is 47.3 Å². The van der Waals surface area contributed by atoms with Crippen molar-refractivity contribution in [2.45, 2.75) is 19.9 Å². The number of hydrogen-bond acceptors (Lipinski definition) is 2. The molecule has 1 aromatic heterocycles. The van der Waals surface area contributed by atoms with Crippen LogP contribution in [0.15, 0.2) is 78.0 Å². The van der Waals surface area contributed by atoms with Gasteiger partial charge in [0.1, 0.15) is 0 Å². The molecule has 0 saturated heterocycles. The lowest BCUT2D eigenvalue weighted by Crippen LogP contribution is -2.38. The highest BCUT2D eigenvalue weighted by atomic mass is 127. The van der Waals surface area contributed by atoms with E-state index in [1.165, 1.54) is 11.1 Å². The van der Waals surface area contributed by atoms with Crippen LogP contribution < -0.4 is 10.6 Å². The fourth-order valence-corrected chi connectivity index (χ4v) is 2.63. The number of halogens is 1. The molecule has 0 amide bonds. The van der Waals surface area contributed by atoms with Gasteiger partial charge in [0.15, 0.2) is 5.96 Å². The fourth-order valence-electron chi connectivity index (χ4n) is 2.63. The first-order chi connectivity index (χ1) is 12.8. The summed E-state index contributed by atoms with van der Waals surface area (Å²) in [6.45, 7) is 4.39. The minimum Gasteiger partial charge on any atom is -0.357 e. The summed E-state index contributed by atoms with van der Waals surface area (Å²) >= 11 is 0. The summed E-state index contributed by atoms with van der Waals surface area (Å²) in [5, 5.41) is 11.1. The minimum absolute atomic E-state index is 0. The molecule has 0 radical (unpaired) electrons. The van der Waals surface area contributed by atoms with Crippen molar-refractivity contribution in [1.29, 1.82) is 0 Å². The van der Waals surface area contributed by atoms with Crippen LogP contribution >= 0.6 is 24.0 Å². The number of rotatable bonds is 7. The van der Waals surface area contributed by atoms with Gasteiger partial charge in [-0.05, 0) is 36.6 Å². The average molecular weight is 475 g/mol. The van der Waals surface area contributed by atoms with Gasteiger partial charge in [0, 0.05) is 19.3 Å². The lowest BCUT2D eigenvalue weighted by molar-refractivity contribution is 0.799. The van der Waals surface area contributed by atoms with Crippen molar-refractivity contribution in [1.82, 2.24) is 20.4 Å². The van der Waals surface area contributed by atoms with Crippen LogP contribution in [0.2, 0.25) is 0 Å². The van der Waals surface area contributed by atoms with Gasteiger partial charge >= 0.3 is 0 Å². The summed E-state index contributed by atoms with van der Waals surface area (Å²) in [5.41, 5.74) is 3.47. The molecule has 1 heterocycles. The summed E-state index contributed by atoms with van der Waals surface area (Å²) in [6, 6.07) is 20.4. The largest absolute Gasteiger partial charge is 0.357 e. The van der Waals surface area contributed by atoms with E-state index in [9.17, 15) is 0 Å². The van der Waals surface area contributed by atoms with Gasteiger partial charge in [0.05, 0.1) is 18.4 Å². The first kappa shape index (κ1) is 21.0. The maximum absolute atomic E-state index is 4.64. The van der Waals surface area contributed by atoms with E-state index in [2.05, 4.69) is 58.1 Å². The topological polar surface area (TPSA) is 54.2 Å². The molecule has 3 aromatic rings. The number of guanidine groups is 1. The van der Waals surface area contributed by atoms with Gasteiger partial charge in [-0.3, -0.25) is 0 Å². The third-order valence-electron chi connectivity index (χ3n) is 3.97. The number of nitrogens with zero attached hydrogens (tertiary/aromatic N) is 3. The van der Waals surface area contributed by atoms with Crippen LogP contribution in [-0.2, 0) is 13.0 Å². The maximum Gasteiger partial charge on any atom is 0.191 e. The molecule has 0 aliphatic carbocycles. The standard InChI is InChI=1S/C21H25N5.HI/c1-2-22-21(24-15-18-9-5-3-6-10-18)23-14-13-19-16-25-26(17-19)20-11-7-4-8-12-20;/h3-12,16-17H,2,13-15H2,1H3,(H2,22,23,24);1H. The molecular weight excluding hydrogens is 449 g/mol. The smallest absolute Gasteiger partial charge is 0.191 e. The molecule has 0 fully saturated rings. The second-order valence-electron chi connectivity index (χ2n) is 5.99. The number of benzene rings is 2. The van der Waals surface area contributed by atoms with Crippen molar-refractivity contribution < 1.29 is 0 Å². The van der Waals surface area contributed by atoms with E-state index in [0.29, 0.717) is 6.54 Å². The van der Waals surface area contributed by atoms with Crippen molar-refractivity contribution in [3.8, 4) is 5.69 Å². The Kier molecular flexibility index (Phi) is 8.83. The molecule has 0 atom stereocenters. The highest BCUT2D eigenvalue weighted by Gasteiger charge is 2.02. The zero-order valence-electron chi connectivity index (χ0n) is 15.5. The van der Waals surface area contributed by atoms with E-state index in [4.69, 9.17) is 0 Å². The molecule has 0 unspecified atom stereocenters. The van der Waals surface area contributed by atoms with Gasteiger partial charge in [-0.2, -0.15) is 5.10 Å². The van der Waals surface area contributed by atoms with Crippen molar-refractivity contribution in [2.24, 2.45) is 4.99 Å². The summed E-state index contributed by atoms with van der Waals surface area (Å²) in [4.78, 5) is 4.64. The van der Waals surface area contributed by atoms with Crippen molar-refractivity contribution in [3.63, 3.8) is 0 Å². The maximum atomic E-state index is 4.64. The van der Waals surface area contributed by atoms with E-state index in [1.54, 1.807) is 0 Å². The van der Waals surface area contributed by atoms with Crippen LogP contribution in [0.25, 0.3) is 5.69 Å². The Bertz CT molecular complexity index is 815. The highest BCUT2D eigenvalue weighted by Crippen LogP contribution is 2.07. The number of para-hydroxylation sites is 1. The zero-order valence-corrected chi connectivity index (χ0v) is 17.8. The van der Waals surface area contributed by atoms with E-state index < -0.39 is 0 Å². The molecule has 3 rings (SSSR count). The molecule has 0 aliphatic heterocycles. The van der Waals surface area contributed by atoms with Crippen LogP contribution in [-0.4, -0.2) is 28.8 Å². The Hall–Kier alpha value is -2.35. The summed E-state index contributed by atoms with van der Waals surface area (Å²) in [7, 11) is 0. The molecule has 0 bridgehead atoms. The van der Waals surface area contributed by atoms with Crippen LogP contribution in [0.5, 0.6) is 0 Å². The van der Waals surface area contributed by atoms with Gasteiger partial charge < -0.3 is 10.6 Å². The van der Waals surface area contributed by atoms with Gasteiger partial charge in [0.2, 0.25) is 0 Å². The quantitative estimate of drug-likeness (QED) is 0.311. The van der Waals surface area contributed by atoms with Crippen molar-refractivity contribution in [3.05, 3.63) is 84.2 Å². The van der Waals surface area contributed by atoms with Crippen molar-refractivity contribution >= 4 is 29.9 Å². The average Bonchev–Trinajstić information content (AvgIpc) is 3.16. The Morgan fingerprint density at radius 1 is 0.963 bits per heavy atom. The summed E-state index contributed by atoms with van der Waals surface area (Å²) < 4.78 is 1.91. The van der Waals surface area contributed by atoms with Gasteiger partial charge in [-0.15, -0.1) is 24.0 Å². The van der Waals surface area contributed by atoms with Gasteiger partial charge in [-0.25, -0.2) is 9.67 Å². The molecule has 0 aliphatic rings. The monoisotopic (exact) mass is 475 g/mol. The van der Waals surface area contributed by atoms with Crippen LogP contribution in [0, 0.1) is 0 Å². The van der Waals surface area contributed by atoms with Gasteiger partial charge in [0.25, 0.3) is 0 Å². The zero-order chi connectivity index (χ0) is 18.0. The predicted octanol–water partition coefficient (Wildman–Crippen LogP) is 3.79. The summed E-state index contributed by atoms with van der Waals surface area (Å²) in [5.74, 6) is 0.840. The van der Waals surface area contributed by atoms with Crippen LogP contribution in [0.1, 0.15) is 18.1 Å². The minimum atomic E-state index is 0. The molecule has 142 valence electrons. The first-order valence-corrected chi connectivity index (χ1v) is 9.00. The van der Waals surface area contributed by atoms with Crippen molar-refractivity contribution in [2.75, 3.05) is 13.1 Å². The summed E-state index contributed by atoms with van der Waals surface area (Å²) in [6.07, 6.45) is 4.89. The normalized spacial score (nSPS) is 10.9. The van der Waals surface area contributed by atoms with Gasteiger partial charge in [-0.1, -0.05) is 48.5 Å². The molecule has 0 saturated carbocycles. The van der Waals surface area contributed by atoms with E-state index >= 15 is 0 Å². The molecule has 2 N–H and O–H groups in total. The lowest BCUT2D eigenvalue weighted by Gasteiger charge is -2.10. The molecule has 6 heteroatoms. The fraction of sp³-hybridized carbons (Fsp3) is 0.238. The van der Waals surface area contributed by atoms with Crippen LogP contribution in [0.3, 0.4) is 0 Å². The molecule has 2 aromatic carbocycles. The lowest BCUT2D eigenvalue weighted by atomic mass is 10.2. The highest BCUT2D eigenvalue weighted by molar-refractivity contribution is 14.0. The Balaban J connectivity index is 0.00000261. The number of hydrogen-bond donors (Lipinski definition) is 2. The SMILES string of the molecule is CCNC(=NCc1ccccc1)NCCc1cnn(-c2ccccc2)c1.I. The van der Waals surface area contributed by atoms with Crippen LogP contribution in [0.4, 0.5) is 0 Å². The number of aromatic nitrogens is 2. The van der Waals surface area contributed by atoms with E-state index in [-0.39, 0.29) is 24.0 Å².